The van der Waals surface area contributed by atoms with Gasteiger partial charge in [0.1, 0.15) is 17.3 Å². The topological polar surface area (TPSA) is 29.3 Å². The average Bonchev–Trinajstić information content (AvgIpc) is 2.72. The molecule has 0 bridgehead atoms. The molecule has 0 aliphatic heterocycles. The van der Waals surface area contributed by atoms with E-state index in [0.717, 1.165) is 34.8 Å². The minimum atomic E-state index is 0.890. The van der Waals surface area contributed by atoms with Crippen molar-refractivity contribution in [3.63, 3.8) is 0 Å². The minimum absolute atomic E-state index is 0.890. The van der Waals surface area contributed by atoms with Gasteiger partial charge in [0.25, 0.3) is 0 Å². The van der Waals surface area contributed by atoms with Gasteiger partial charge in [0.05, 0.1) is 0 Å². The molecule has 2 heterocycles. The lowest BCUT2D eigenvalue weighted by molar-refractivity contribution is 0.483. The van der Waals surface area contributed by atoms with Crippen LogP contribution in [0, 0.1) is 13.8 Å². The number of aromatic nitrogens is 1. The number of furan rings is 1. The Labute approximate surface area is 116 Å². The Bertz CT molecular complexity index is 536. The first-order chi connectivity index (χ1) is 8.56. The van der Waals surface area contributed by atoms with Gasteiger partial charge in [-0.05, 0) is 53.5 Å². The number of aryl methyl sites for hydroxylation is 2. The summed E-state index contributed by atoms with van der Waals surface area (Å²) in [6.45, 7) is 4.93. The fourth-order valence-corrected chi connectivity index (χ4v) is 2.38. The molecule has 0 fully saturated rings. The van der Waals surface area contributed by atoms with Gasteiger partial charge in [-0.1, -0.05) is 0 Å². The van der Waals surface area contributed by atoms with Crippen molar-refractivity contribution in [3.05, 3.63) is 46.0 Å². The van der Waals surface area contributed by atoms with E-state index in [9.17, 15) is 0 Å². The third-order valence-electron chi connectivity index (χ3n) is 2.87. The summed E-state index contributed by atoms with van der Waals surface area (Å²) in [5.74, 6) is 3.00. The van der Waals surface area contributed by atoms with Crippen LogP contribution in [0.3, 0.4) is 0 Å². The highest BCUT2D eigenvalue weighted by atomic mass is 79.9. The van der Waals surface area contributed by atoms with Crippen LogP contribution < -0.4 is 4.90 Å². The Morgan fingerprint density at radius 2 is 2.11 bits per heavy atom. The van der Waals surface area contributed by atoms with Crippen molar-refractivity contribution in [3.8, 4) is 0 Å². The molecule has 0 aromatic carbocycles. The molecular weight excluding hydrogens is 292 g/mol. The van der Waals surface area contributed by atoms with Gasteiger partial charge in [-0.15, -0.1) is 0 Å². The van der Waals surface area contributed by atoms with Crippen molar-refractivity contribution in [2.45, 2.75) is 20.3 Å². The van der Waals surface area contributed by atoms with Crippen LogP contribution >= 0.6 is 15.9 Å². The molecule has 0 aliphatic carbocycles. The van der Waals surface area contributed by atoms with Crippen LogP contribution in [0.25, 0.3) is 0 Å². The summed E-state index contributed by atoms with van der Waals surface area (Å²) in [6, 6.07) is 6.11. The summed E-state index contributed by atoms with van der Waals surface area (Å²) in [5.41, 5.74) is 1.17. The molecule has 0 amide bonds. The van der Waals surface area contributed by atoms with Crippen LogP contribution in [-0.4, -0.2) is 18.6 Å². The number of anilines is 1. The van der Waals surface area contributed by atoms with E-state index in [1.54, 1.807) is 0 Å². The predicted molar refractivity (Wildman–Crippen MR) is 77.1 cm³/mol. The quantitative estimate of drug-likeness (QED) is 0.862. The number of likely N-dealkylation sites (N-methyl/N-ethyl adjacent to an activating group) is 1. The molecule has 0 unspecified atom stereocenters. The molecule has 4 heteroatoms. The second-order valence-corrected chi connectivity index (χ2v) is 5.39. The number of pyridine rings is 1. The van der Waals surface area contributed by atoms with E-state index in [1.165, 1.54) is 5.56 Å². The van der Waals surface area contributed by atoms with E-state index in [-0.39, 0.29) is 0 Å². The highest BCUT2D eigenvalue weighted by Gasteiger charge is 2.08. The Hall–Kier alpha value is -1.29. The van der Waals surface area contributed by atoms with E-state index < -0.39 is 0 Å². The van der Waals surface area contributed by atoms with Crippen LogP contribution in [0.5, 0.6) is 0 Å². The first-order valence-electron chi connectivity index (χ1n) is 5.95. The van der Waals surface area contributed by atoms with Gasteiger partial charge in [0, 0.05) is 30.7 Å². The van der Waals surface area contributed by atoms with Crippen molar-refractivity contribution in [2.24, 2.45) is 0 Å². The van der Waals surface area contributed by atoms with Gasteiger partial charge < -0.3 is 9.32 Å². The van der Waals surface area contributed by atoms with Crippen molar-refractivity contribution >= 4 is 21.7 Å². The minimum Gasteiger partial charge on any atom is -0.466 e. The number of rotatable bonds is 4. The van der Waals surface area contributed by atoms with Gasteiger partial charge in [-0.3, -0.25) is 0 Å². The lowest BCUT2D eigenvalue weighted by Gasteiger charge is -2.19. The first-order valence-corrected chi connectivity index (χ1v) is 6.74. The summed E-state index contributed by atoms with van der Waals surface area (Å²) in [4.78, 5) is 6.60. The number of halogens is 1. The molecule has 18 heavy (non-hydrogen) atoms. The maximum absolute atomic E-state index is 5.56. The third kappa shape index (κ3) is 3.13. The lowest BCUT2D eigenvalue weighted by Crippen LogP contribution is -2.22. The zero-order chi connectivity index (χ0) is 13.1. The number of hydrogen-bond donors (Lipinski definition) is 0. The van der Waals surface area contributed by atoms with E-state index in [4.69, 9.17) is 4.42 Å². The molecule has 0 spiro atoms. The first kappa shape index (κ1) is 13.1. The van der Waals surface area contributed by atoms with Crippen LogP contribution in [0.2, 0.25) is 0 Å². The normalized spacial score (nSPS) is 10.7. The zero-order valence-electron chi connectivity index (χ0n) is 10.9. The van der Waals surface area contributed by atoms with Crippen molar-refractivity contribution in [2.75, 3.05) is 18.5 Å². The number of nitrogens with zero attached hydrogens (tertiary/aromatic N) is 2. The maximum atomic E-state index is 5.56. The molecule has 0 aliphatic rings. The standard InChI is InChI=1S/C14H17BrN2O/c1-10-8-12(15)9-16-14(10)17(3)7-6-13-5-4-11(2)18-13/h4-5,8-9H,6-7H2,1-3H3. The third-order valence-corrected chi connectivity index (χ3v) is 3.30. The van der Waals surface area contributed by atoms with Gasteiger partial charge in [0.15, 0.2) is 0 Å². The summed E-state index contributed by atoms with van der Waals surface area (Å²) in [5, 5.41) is 0. The Morgan fingerprint density at radius 3 is 2.72 bits per heavy atom. The smallest absolute Gasteiger partial charge is 0.131 e. The second kappa shape index (κ2) is 5.57. The largest absolute Gasteiger partial charge is 0.466 e. The Kier molecular flexibility index (Phi) is 4.07. The molecule has 2 aromatic rings. The Morgan fingerprint density at radius 1 is 1.33 bits per heavy atom. The molecule has 0 saturated heterocycles. The fourth-order valence-electron chi connectivity index (χ4n) is 1.94. The molecule has 0 N–H and O–H groups in total. The van der Waals surface area contributed by atoms with E-state index >= 15 is 0 Å². The Balaban J connectivity index is 2.01. The molecule has 2 rings (SSSR count). The van der Waals surface area contributed by atoms with Crippen LogP contribution in [0.4, 0.5) is 5.82 Å². The molecule has 0 radical (unpaired) electrons. The van der Waals surface area contributed by atoms with Crippen molar-refractivity contribution < 1.29 is 4.42 Å². The van der Waals surface area contributed by atoms with Crippen molar-refractivity contribution in [1.29, 1.82) is 0 Å². The van der Waals surface area contributed by atoms with Gasteiger partial charge in [-0.25, -0.2) is 4.98 Å². The molecule has 3 nitrogen and oxygen atoms in total. The van der Waals surface area contributed by atoms with Gasteiger partial charge in [-0.2, -0.15) is 0 Å². The SMILES string of the molecule is Cc1ccc(CCN(C)c2ncc(Br)cc2C)o1. The molecule has 96 valence electrons. The van der Waals surface area contributed by atoms with E-state index in [1.807, 2.05) is 25.3 Å². The highest BCUT2D eigenvalue weighted by Crippen LogP contribution is 2.20. The van der Waals surface area contributed by atoms with Gasteiger partial charge >= 0.3 is 0 Å². The van der Waals surface area contributed by atoms with Crippen molar-refractivity contribution in [1.82, 2.24) is 4.98 Å². The summed E-state index contributed by atoms with van der Waals surface area (Å²) in [6.07, 6.45) is 2.72. The van der Waals surface area contributed by atoms with Crippen LogP contribution in [0.1, 0.15) is 17.1 Å². The fraction of sp³-hybridized carbons (Fsp3) is 0.357. The average molecular weight is 309 g/mol. The van der Waals surface area contributed by atoms with Crippen LogP contribution in [0.15, 0.2) is 33.3 Å². The zero-order valence-corrected chi connectivity index (χ0v) is 12.5. The summed E-state index contributed by atoms with van der Waals surface area (Å²) in [7, 11) is 2.05. The molecular formula is C14H17BrN2O. The van der Waals surface area contributed by atoms with E-state index in [0.29, 0.717) is 0 Å². The molecule has 0 atom stereocenters. The lowest BCUT2D eigenvalue weighted by atomic mass is 10.2. The highest BCUT2D eigenvalue weighted by molar-refractivity contribution is 9.10. The summed E-state index contributed by atoms with van der Waals surface area (Å²) < 4.78 is 6.58. The van der Waals surface area contributed by atoms with E-state index in [2.05, 4.69) is 45.9 Å². The monoisotopic (exact) mass is 308 g/mol. The van der Waals surface area contributed by atoms with Crippen LogP contribution in [-0.2, 0) is 6.42 Å². The summed E-state index contributed by atoms with van der Waals surface area (Å²) >= 11 is 3.43. The number of hydrogen-bond acceptors (Lipinski definition) is 3. The maximum Gasteiger partial charge on any atom is 0.131 e. The molecule has 0 saturated carbocycles. The van der Waals surface area contributed by atoms with Gasteiger partial charge in [0.2, 0.25) is 0 Å². The molecule has 2 aromatic heterocycles. The second-order valence-electron chi connectivity index (χ2n) is 4.48. The predicted octanol–water partition coefficient (Wildman–Crippen LogP) is 3.73.